The lowest BCUT2D eigenvalue weighted by molar-refractivity contribution is 0.627. The number of aromatic nitrogens is 3. The summed E-state index contributed by atoms with van der Waals surface area (Å²) in [5, 5.41) is -0.0497. The number of fused-ring (bicyclic) bond motifs is 1. The van der Waals surface area contributed by atoms with Crippen molar-refractivity contribution < 1.29 is 8.78 Å². The summed E-state index contributed by atoms with van der Waals surface area (Å²) in [6.07, 6.45) is 3.23. The summed E-state index contributed by atoms with van der Waals surface area (Å²) in [5.74, 6) is -0.667. The number of hydrogen-bond acceptors (Lipinski definition) is 4. The third-order valence-corrected chi connectivity index (χ3v) is 4.06. The largest absolute Gasteiger partial charge is 0.279 e. The third-order valence-electron chi connectivity index (χ3n) is 3.77. The summed E-state index contributed by atoms with van der Waals surface area (Å²) in [4.78, 5) is 14.6. The van der Waals surface area contributed by atoms with Crippen molar-refractivity contribution >= 4 is 40.0 Å². The first-order valence-electron chi connectivity index (χ1n) is 7.70. The molecular weight excluding hydrogens is 358 g/mol. The van der Waals surface area contributed by atoms with Crippen molar-refractivity contribution in [1.82, 2.24) is 15.0 Å². The second kappa shape index (κ2) is 6.65. The van der Waals surface area contributed by atoms with Gasteiger partial charge < -0.3 is 0 Å². The first-order chi connectivity index (χ1) is 12.6. The van der Waals surface area contributed by atoms with Gasteiger partial charge in [0.05, 0.1) is 28.1 Å². The van der Waals surface area contributed by atoms with Crippen LogP contribution in [-0.2, 0) is 0 Å². The van der Waals surface area contributed by atoms with Crippen LogP contribution >= 0.6 is 11.6 Å². The molecule has 4 aromatic rings. The van der Waals surface area contributed by atoms with E-state index in [4.69, 9.17) is 11.6 Å². The molecule has 0 saturated heterocycles. The summed E-state index contributed by atoms with van der Waals surface area (Å²) in [6.45, 7) is 0. The maximum absolute atomic E-state index is 13.8. The molecule has 0 bridgehead atoms. The molecule has 7 heteroatoms. The van der Waals surface area contributed by atoms with E-state index in [9.17, 15) is 8.78 Å². The number of nitrogens with zero attached hydrogens (tertiary/aromatic N) is 4. The van der Waals surface area contributed by atoms with Gasteiger partial charge in [-0.05, 0) is 48.5 Å². The van der Waals surface area contributed by atoms with Crippen LogP contribution in [0.25, 0.3) is 11.0 Å². The van der Waals surface area contributed by atoms with Crippen LogP contribution in [0, 0.1) is 11.6 Å². The van der Waals surface area contributed by atoms with Crippen molar-refractivity contribution in [3.05, 3.63) is 83.6 Å². The van der Waals surface area contributed by atoms with Crippen LogP contribution in [0.3, 0.4) is 0 Å². The zero-order valence-electron chi connectivity index (χ0n) is 13.3. The number of rotatable bonds is 3. The van der Waals surface area contributed by atoms with Gasteiger partial charge in [0.25, 0.3) is 0 Å². The van der Waals surface area contributed by atoms with Crippen molar-refractivity contribution in [2.24, 2.45) is 0 Å². The Bertz CT molecular complexity index is 1100. The van der Waals surface area contributed by atoms with Gasteiger partial charge in [-0.15, -0.1) is 0 Å². The first-order valence-corrected chi connectivity index (χ1v) is 8.08. The molecule has 128 valence electrons. The Labute approximate surface area is 152 Å². The van der Waals surface area contributed by atoms with Gasteiger partial charge >= 0.3 is 0 Å². The van der Waals surface area contributed by atoms with Crippen LogP contribution in [0.4, 0.5) is 26.1 Å². The van der Waals surface area contributed by atoms with Crippen LogP contribution in [0.5, 0.6) is 0 Å². The molecule has 26 heavy (non-hydrogen) atoms. The number of hydrogen-bond donors (Lipinski definition) is 0. The quantitative estimate of drug-likeness (QED) is 0.484. The van der Waals surface area contributed by atoms with E-state index in [2.05, 4.69) is 15.0 Å². The zero-order valence-corrected chi connectivity index (χ0v) is 14.0. The number of halogens is 3. The standard InChI is InChI=1S/C19H11ClF2N4/c20-15-10-14(6-7-16(15)22)26(13-4-1-3-12(21)9-13)19-24-11-18-17(25-19)5-2-8-23-18/h1-11H. The van der Waals surface area contributed by atoms with Gasteiger partial charge in [0.15, 0.2) is 0 Å². The molecule has 0 aliphatic rings. The fourth-order valence-electron chi connectivity index (χ4n) is 2.59. The fraction of sp³-hybridized carbons (Fsp3) is 0. The molecule has 0 fully saturated rings. The Hall–Kier alpha value is -3.12. The van der Waals surface area contributed by atoms with Gasteiger partial charge in [-0.25, -0.2) is 18.7 Å². The summed E-state index contributed by atoms with van der Waals surface area (Å²) in [7, 11) is 0. The SMILES string of the molecule is Fc1cccc(N(c2ccc(F)c(Cl)c2)c2ncc3ncccc3n2)c1. The third kappa shape index (κ3) is 3.07. The van der Waals surface area contributed by atoms with E-state index in [1.165, 1.54) is 30.3 Å². The van der Waals surface area contributed by atoms with Crippen LogP contribution in [0.1, 0.15) is 0 Å². The molecule has 0 atom stereocenters. The van der Waals surface area contributed by atoms with Crippen molar-refractivity contribution in [1.29, 1.82) is 0 Å². The predicted molar refractivity (Wildman–Crippen MR) is 96.9 cm³/mol. The van der Waals surface area contributed by atoms with Gasteiger partial charge in [0.2, 0.25) is 5.95 Å². The van der Waals surface area contributed by atoms with E-state index < -0.39 is 11.6 Å². The van der Waals surface area contributed by atoms with Gasteiger partial charge in [-0.3, -0.25) is 9.88 Å². The lowest BCUT2D eigenvalue weighted by Gasteiger charge is -2.23. The van der Waals surface area contributed by atoms with E-state index in [1.54, 1.807) is 41.6 Å². The highest BCUT2D eigenvalue weighted by atomic mass is 35.5. The molecule has 2 heterocycles. The normalized spacial score (nSPS) is 10.9. The average molecular weight is 369 g/mol. The number of anilines is 3. The van der Waals surface area contributed by atoms with E-state index in [-0.39, 0.29) is 5.02 Å². The molecule has 0 saturated carbocycles. The molecule has 0 aliphatic carbocycles. The molecule has 0 amide bonds. The summed E-state index contributed by atoms with van der Waals surface area (Å²) < 4.78 is 27.4. The maximum atomic E-state index is 13.8. The molecule has 0 spiro atoms. The molecule has 4 rings (SSSR count). The zero-order chi connectivity index (χ0) is 18.1. The molecule has 0 radical (unpaired) electrons. The lowest BCUT2D eigenvalue weighted by Crippen LogP contribution is -2.13. The molecule has 0 aliphatic heterocycles. The molecule has 0 N–H and O–H groups in total. The average Bonchev–Trinajstić information content (AvgIpc) is 2.65. The van der Waals surface area contributed by atoms with Crippen LogP contribution in [-0.4, -0.2) is 15.0 Å². The highest BCUT2D eigenvalue weighted by molar-refractivity contribution is 6.31. The van der Waals surface area contributed by atoms with Gasteiger partial charge in [0, 0.05) is 6.20 Å². The van der Waals surface area contributed by atoms with Crippen LogP contribution in [0.2, 0.25) is 5.02 Å². The Morgan fingerprint density at radius 1 is 0.846 bits per heavy atom. The predicted octanol–water partition coefficient (Wildman–Crippen LogP) is 5.43. The van der Waals surface area contributed by atoms with E-state index in [0.29, 0.717) is 28.4 Å². The van der Waals surface area contributed by atoms with Gasteiger partial charge in [-0.1, -0.05) is 17.7 Å². The van der Waals surface area contributed by atoms with Crippen molar-refractivity contribution in [2.75, 3.05) is 4.90 Å². The molecule has 2 aromatic heterocycles. The van der Waals surface area contributed by atoms with E-state index in [0.717, 1.165) is 0 Å². The van der Waals surface area contributed by atoms with Crippen molar-refractivity contribution in [3.8, 4) is 0 Å². The second-order valence-electron chi connectivity index (χ2n) is 5.49. The lowest BCUT2D eigenvalue weighted by atomic mass is 10.2. The number of benzene rings is 2. The Kier molecular flexibility index (Phi) is 4.18. The summed E-state index contributed by atoms with van der Waals surface area (Å²) >= 11 is 5.93. The fourth-order valence-corrected chi connectivity index (χ4v) is 2.76. The Balaban J connectivity index is 1.92. The Morgan fingerprint density at radius 2 is 1.69 bits per heavy atom. The smallest absolute Gasteiger partial charge is 0.235 e. The molecular formula is C19H11ClF2N4. The van der Waals surface area contributed by atoms with Crippen molar-refractivity contribution in [2.45, 2.75) is 0 Å². The monoisotopic (exact) mass is 368 g/mol. The van der Waals surface area contributed by atoms with Crippen molar-refractivity contribution in [3.63, 3.8) is 0 Å². The maximum Gasteiger partial charge on any atom is 0.235 e. The van der Waals surface area contributed by atoms with E-state index >= 15 is 0 Å². The van der Waals surface area contributed by atoms with Gasteiger partial charge in [-0.2, -0.15) is 0 Å². The molecule has 4 nitrogen and oxygen atoms in total. The number of pyridine rings is 1. The second-order valence-corrected chi connectivity index (χ2v) is 5.90. The summed E-state index contributed by atoms with van der Waals surface area (Å²) in [6, 6.07) is 13.7. The highest BCUT2D eigenvalue weighted by Crippen LogP contribution is 2.34. The van der Waals surface area contributed by atoms with E-state index in [1.807, 2.05) is 0 Å². The molecule has 2 aromatic carbocycles. The summed E-state index contributed by atoms with van der Waals surface area (Å²) in [5.41, 5.74) is 2.25. The highest BCUT2D eigenvalue weighted by Gasteiger charge is 2.17. The minimum Gasteiger partial charge on any atom is -0.279 e. The van der Waals surface area contributed by atoms with Crippen LogP contribution in [0.15, 0.2) is 67.0 Å². The minimum atomic E-state index is -0.543. The van der Waals surface area contributed by atoms with Crippen LogP contribution < -0.4 is 4.90 Å². The molecule has 0 unspecified atom stereocenters. The van der Waals surface area contributed by atoms with Gasteiger partial charge in [0.1, 0.15) is 17.2 Å². The first kappa shape index (κ1) is 16.4. The minimum absolute atomic E-state index is 0.0497. The topological polar surface area (TPSA) is 41.9 Å². The Morgan fingerprint density at radius 3 is 2.50 bits per heavy atom.